The van der Waals surface area contributed by atoms with E-state index in [9.17, 15) is 45.3 Å². The quantitative estimate of drug-likeness (QED) is 0.236. The maximum Gasteiger partial charge on any atom is 0.335 e. The number of benzene rings is 2. The molecule has 4 rings (SSSR count). The van der Waals surface area contributed by atoms with Crippen molar-refractivity contribution in [1.82, 2.24) is 0 Å². The minimum atomic E-state index is -1.97. The number of phenols is 2. The maximum absolute atomic E-state index is 12.2. The van der Waals surface area contributed by atoms with E-state index in [1.54, 1.807) is 6.92 Å². The smallest absolute Gasteiger partial charge is 0.335 e. The Labute approximate surface area is 199 Å². The molecular weight excluding hydrogens is 464 g/mol. The van der Waals surface area contributed by atoms with Crippen molar-refractivity contribution in [3.05, 3.63) is 28.8 Å². The average molecular weight is 492 g/mol. The van der Waals surface area contributed by atoms with E-state index < -0.39 is 65.5 Å². The normalized spacial score (nSPS) is 32.8. The molecule has 0 unspecified atom stereocenters. The van der Waals surface area contributed by atoms with Gasteiger partial charge in [0.15, 0.2) is 5.78 Å². The summed E-state index contributed by atoms with van der Waals surface area (Å²) in [6.07, 6.45) is -7.21. The summed E-state index contributed by atoms with van der Waals surface area (Å²) in [5, 5.41) is 73.9. The number of phenolic OH excluding ortho intramolecular Hbond substituents is 2. The summed E-state index contributed by atoms with van der Waals surface area (Å²) in [7, 11) is 0. The summed E-state index contributed by atoms with van der Waals surface area (Å²) < 4.78 is 11.4. The van der Waals surface area contributed by atoms with Gasteiger partial charge in [-0.15, -0.1) is 0 Å². The molecular formula is C24H28O11. The molecule has 2 aromatic rings. The second kappa shape index (κ2) is 8.61. The highest BCUT2D eigenvalue weighted by Gasteiger charge is 2.61. The summed E-state index contributed by atoms with van der Waals surface area (Å²) in [5.41, 5.74) is -2.49. The molecule has 0 bridgehead atoms. The third kappa shape index (κ3) is 3.71. The van der Waals surface area contributed by atoms with E-state index in [1.165, 1.54) is 13.8 Å². The van der Waals surface area contributed by atoms with Gasteiger partial charge in [-0.05, 0) is 44.7 Å². The van der Waals surface area contributed by atoms with Gasteiger partial charge in [0.25, 0.3) is 0 Å². The van der Waals surface area contributed by atoms with Crippen LogP contribution < -0.4 is 4.74 Å². The molecule has 0 aromatic heterocycles. The van der Waals surface area contributed by atoms with E-state index in [1.807, 2.05) is 0 Å². The van der Waals surface area contributed by atoms with Crippen LogP contribution in [0.2, 0.25) is 0 Å². The molecule has 7 N–H and O–H groups in total. The van der Waals surface area contributed by atoms with Crippen LogP contribution in [0.25, 0.3) is 10.8 Å². The van der Waals surface area contributed by atoms with Crippen molar-refractivity contribution in [3.8, 4) is 17.2 Å². The van der Waals surface area contributed by atoms with Gasteiger partial charge in [-0.3, -0.25) is 4.79 Å². The summed E-state index contributed by atoms with van der Waals surface area (Å²) >= 11 is 0. The number of hydrogen-bond donors (Lipinski definition) is 7. The van der Waals surface area contributed by atoms with Crippen LogP contribution in [0, 0.1) is 12.8 Å². The molecule has 0 amide bonds. The van der Waals surface area contributed by atoms with Crippen LogP contribution in [0.15, 0.2) is 12.1 Å². The zero-order chi connectivity index (χ0) is 26.0. The molecule has 1 saturated heterocycles. The van der Waals surface area contributed by atoms with Gasteiger partial charge in [0.1, 0.15) is 41.2 Å². The number of Topliss-reactive ketones (excluding diaryl/α,β-unsaturated/α-hetero) is 1. The Morgan fingerprint density at radius 3 is 2.37 bits per heavy atom. The van der Waals surface area contributed by atoms with Crippen molar-refractivity contribution < 1.29 is 54.8 Å². The highest BCUT2D eigenvalue weighted by Crippen LogP contribution is 2.47. The standard InChI is InChI=1S/C24H28O11/c1-8-4-5-13(26)21-24(8,33)20(30)19(29)23(35-21)34-14-7-11(22(31)32)6-12-16(14)18(28)15(10(3)25)9(2)17(12)27/h6-8,13,19-21,23,26-30,33H,4-5H2,1-3H3,(H,31,32)/t8-,13+,19+,20+,21+,23+,24-/m0/s1. The number of aliphatic hydroxyl groups excluding tert-OH is 3. The predicted octanol–water partition coefficient (Wildman–Crippen LogP) is 0.808. The molecule has 1 aliphatic carbocycles. The van der Waals surface area contributed by atoms with Gasteiger partial charge >= 0.3 is 5.97 Å². The molecule has 1 heterocycles. The Morgan fingerprint density at radius 1 is 1.11 bits per heavy atom. The van der Waals surface area contributed by atoms with Crippen LogP contribution in [0.1, 0.15) is 53.0 Å². The number of aliphatic hydroxyl groups is 4. The number of ether oxygens (including phenoxy) is 2. The van der Waals surface area contributed by atoms with Gasteiger partial charge in [-0.25, -0.2) is 4.79 Å². The van der Waals surface area contributed by atoms with E-state index in [4.69, 9.17) is 9.47 Å². The summed E-state index contributed by atoms with van der Waals surface area (Å²) in [4.78, 5) is 23.9. The highest BCUT2D eigenvalue weighted by atomic mass is 16.7. The van der Waals surface area contributed by atoms with Crippen LogP contribution in [0.5, 0.6) is 17.2 Å². The molecule has 190 valence electrons. The molecule has 1 saturated carbocycles. The number of carboxylic acids is 1. The van der Waals surface area contributed by atoms with Gasteiger partial charge < -0.3 is 45.2 Å². The number of hydrogen-bond acceptors (Lipinski definition) is 10. The second-order valence-electron chi connectivity index (χ2n) is 9.37. The SMILES string of the molecule is CC(=O)c1c(C)c(O)c2cc(C(=O)O)cc(O[C@@H]3O[C@@H]4[C@H](O)CC[C@H](C)[C@]4(O)[C@H](O)[C@H]3O)c2c1O. The Bertz CT molecular complexity index is 1210. The molecule has 0 spiro atoms. The minimum Gasteiger partial charge on any atom is -0.507 e. The van der Waals surface area contributed by atoms with E-state index in [2.05, 4.69) is 0 Å². The fraction of sp³-hybridized carbons (Fsp3) is 0.500. The van der Waals surface area contributed by atoms with Crippen molar-refractivity contribution in [2.24, 2.45) is 5.92 Å². The van der Waals surface area contributed by atoms with Crippen molar-refractivity contribution in [1.29, 1.82) is 0 Å². The van der Waals surface area contributed by atoms with E-state index in [0.29, 0.717) is 6.42 Å². The van der Waals surface area contributed by atoms with Crippen LogP contribution in [0.3, 0.4) is 0 Å². The molecule has 1 aliphatic heterocycles. The van der Waals surface area contributed by atoms with Crippen LogP contribution in [0.4, 0.5) is 0 Å². The molecule has 2 aliphatic rings. The van der Waals surface area contributed by atoms with Crippen molar-refractivity contribution >= 4 is 22.5 Å². The lowest BCUT2D eigenvalue weighted by atomic mass is 9.67. The number of ketones is 1. The fourth-order valence-electron chi connectivity index (χ4n) is 5.24. The van der Waals surface area contributed by atoms with Gasteiger partial charge in [-0.2, -0.15) is 0 Å². The molecule has 35 heavy (non-hydrogen) atoms. The van der Waals surface area contributed by atoms with E-state index in [-0.39, 0.29) is 39.6 Å². The first kappa shape index (κ1) is 25.1. The third-order valence-corrected chi connectivity index (χ3v) is 7.25. The topological polar surface area (TPSA) is 194 Å². The molecule has 11 nitrogen and oxygen atoms in total. The highest BCUT2D eigenvalue weighted by molar-refractivity contribution is 6.11. The molecule has 0 radical (unpaired) electrons. The number of carbonyl (C=O) groups excluding carboxylic acids is 1. The van der Waals surface area contributed by atoms with Crippen LogP contribution >= 0.6 is 0 Å². The number of carboxylic acid groups (broad SMARTS) is 1. The lowest BCUT2D eigenvalue weighted by Crippen LogP contribution is -2.73. The monoisotopic (exact) mass is 492 g/mol. The number of fused-ring (bicyclic) bond motifs is 2. The maximum atomic E-state index is 12.2. The van der Waals surface area contributed by atoms with Crippen LogP contribution in [-0.2, 0) is 4.74 Å². The molecule has 11 heteroatoms. The minimum absolute atomic E-state index is 0.0322. The Kier molecular flexibility index (Phi) is 6.18. The Hall–Kier alpha value is -2.96. The van der Waals surface area contributed by atoms with Gasteiger partial charge in [0.2, 0.25) is 6.29 Å². The van der Waals surface area contributed by atoms with Gasteiger partial charge in [0, 0.05) is 10.9 Å². The first-order chi connectivity index (χ1) is 16.3. The van der Waals surface area contributed by atoms with Gasteiger partial charge in [-0.1, -0.05) is 6.92 Å². The molecule has 2 fully saturated rings. The number of rotatable bonds is 4. The van der Waals surface area contributed by atoms with Crippen LogP contribution in [-0.4, -0.2) is 83.8 Å². The first-order valence-corrected chi connectivity index (χ1v) is 11.2. The lowest BCUT2D eigenvalue weighted by molar-refractivity contribution is -0.343. The summed E-state index contributed by atoms with van der Waals surface area (Å²) in [5.74, 6) is -3.88. The molecule has 2 aromatic carbocycles. The largest absolute Gasteiger partial charge is 0.507 e. The zero-order valence-electron chi connectivity index (χ0n) is 19.3. The predicted molar refractivity (Wildman–Crippen MR) is 120 cm³/mol. The summed E-state index contributed by atoms with van der Waals surface area (Å²) in [6, 6.07) is 2.10. The molecule has 7 atom stereocenters. The van der Waals surface area contributed by atoms with Crippen molar-refractivity contribution in [2.75, 3.05) is 0 Å². The second-order valence-corrected chi connectivity index (χ2v) is 9.37. The zero-order valence-corrected chi connectivity index (χ0v) is 19.3. The van der Waals surface area contributed by atoms with Gasteiger partial charge in [0.05, 0.1) is 22.6 Å². The Morgan fingerprint density at radius 2 is 1.77 bits per heavy atom. The number of carbonyl (C=O) groups is 2. The average Bonchev–Trinajstić information content (AvgIpc) is 2.79. The van der Waals surface area contributed by atoms with E-state index in [0.717, 1.165) is 12.1 Å². The number of aromatic carboxylic acids is 1. The van der Waals surface area contributed by atoms with Crippen molar-refractivity contribution in [2.45, 2.75) is 69.9 Å². The first-order valence-electron chi connectivity index (χ1n) is 11.2. The third-order valence-electron chi connectivity index (χ3n) is 7.25. The van der Waals surface area contributed by atoms with Crippen molar-refractivity contribution in [3.63, 3.8) is 0 Å². The Balaban J connectivity index is 1.87. The fourth-order valence-corrected chi connectivity index (χ4v) is 5.24. The number of aromatic hydroxyl groups is 2. The lowest BCUT2D eigenvalue weighted by Gasteiger charge is -2.54. The summed E-state index contributed by atoms with van der Waals surface area (Å²) in [6.45, 7) is 4.21. The van der Waals surface area contributed by atoms with E-state index >= 15 is 0 Å².